The Morgan fingerprint density at radius 3 is 2.38 bits per heavy atom. The third-order valence-corrected chi connectivity index (χ3v) is 4.73. The maximum absolute atomic E-state index is 12.0. The SMILES string of the molecule is COC1CCN(c2ccc(NC(=O)COc3ccc(Cl)cc3)cc2)CC1. The number of amides is 1. The molecule has 0 atom stereocenters. The predicted molar refractivity (Wildman–Crippen MR) is 104 cm³/mol. The second kappa shape index (κ2) is 8.92. The molecule has 0 saturated carbocycles. The van der Waals surface area contributed by atoms with Gasteiger partial charge in [0, 0.05) is 36.6 Å². The first-order valence-corrected chi connectivity index (χ1v) is 9.08. The summed E-state index contributed by atoms with van der Waals surface area (Å²) in [5.74, 6) is 0.410. The number of ether oxygens (including phenoxy) is 2. The minimum absolute atomic E-state index is 0.0477. The Balaban J connectivity index is 1.47. The number of carbonyl (C=O) groups excluding carboxylic acids is 1. The third kappa shape index (κ3) is 5.13. The van der Waals surface area contributed by atoms with E-state index in [0.29, 0.717) is 16.9 Å². The van der Waals surface area contributed by atoms with Crippen LogP contribution in [0.2, 0.25) is 5.02 Å². The van der Waals surface area contributed by atoms with E-state index in [0.717, 1.165) is 37.3 Å². The van der Waals surface area contributed by atoms with E-state index >= 15 is 0 Å². The zero-order valence-corrected chi connectivity index (χ0v) is 15.5. The van der Waals surface area contributed by atoms with Crippen LogP contribution in [0.1, 0.15) is 12.8 Å². The van der Waals surface area contributed by atoms with Gasteiger partial charge in [0.1, 0.15) is 5.75 Å². The van der Waals surface area contributed by atoms with Gasteiger partial charge in [-0.05, 0) is 61.4 Å². The summed E-state index contributed by atoms with van der Waals surface area (Å²) in [7, 11) is 1.77. The van der Waals surface area contributed by atoms with Gasteiger partial charge in [0.05, 0.1) is 6.10 Å². The third-order valence-electron chi connectivity index (χ3n) is 4.48. The maximum atomic E-state index is 12.0. The van der Waals surface area contributed by atoms with Crippen molar-refractivity contribution in [1.29, 1.82) is 0 Å². The second-order valence-corrected chi connectivity index (χ2v) is 6.70. The van der Waals surface area contributed by atoms with Gasteiger partial charge in [-0.15, -0.1) is 0 Å². The Labute approximate surface area is 158 Å². The van der Waals surface area contributed by atoms with E-state index < -0.39 is 0 Å². The van der Waals surface area contributed by atoms with Crippen LogP contribution in [0, 0.1) is 0 Å². The molecule has 5 nitrogen and oxygen atoms in total. The lowest BCUT2D eigenvalue weighted by atomic mass is 10.1. The van der Waals surface area contributed by atoms with Gasteiger partial charge in [-0.25, -0.2) is 0 Å². The molecule has 1 amide bonds. The summed E-state index contributed by atoms with van der Waals surface area (Å²) < 4.78 is 10.9. The first-order chi connectivity index (χ1) is 12.6. The zero-order chi connectivity index (χ0) is 18.4. The average molecular weight is 375 g/mol. The molecule has 26 heavy (non-hydrogen) atoms. The van der Waals surface area contributed by atoms with E-state index in [1.165, 1.54) is 0 Å². The van der Waals surface area contributed by atoms with Gasteiger partial charge in [-0.3, -0.25) is 4.79 Å². The lowest BCUT2D eigenvalue weighted by molar-refractivity contribution is -0.118. The van der Waals surface area contributed by atoms with Crippen LogP contribution in [0.3, 0.4) is 0 Å². The first kappa shape index (κ1) is 18.5. The molecule has 1 fully saturated rings. The summed E-state index contributed by atoms with van der Waals surface area (Å²) in [6.07, 6.45) is 2.44. The monoisotopic (exact) mass is 374 g/mol. The van der Waals surface area contributed by atoms with Crippen LogP contribution in [0.25, 0.3) is 0 Å². The summed E-state index contributed by atoms with van der Waals surface area (Å²) in [4.78, 5) is 14.4. The highest BCUT2D eigenvalue weighted by atomic mass is 35.5. The summed E-state index contributed by atoms with van der Waals surface area (Å²) in [5.41, 5.74) is 1.92. The van der Waals surface area contributed by atoms with Crippen molar-refractivity contribution in [2.75, 3.05) is 37.0 Å². The van der Waals surface area contributed by atoms with Gasteiger partial charge in [-0.2, -0.15) is 0 Å². The van der Waals surface area contributed by atoms with Crippen molar-refractivity contribution in [3.05, 3.63) is 53.6 Å². The van der Waals surface area contributed by atoms with E-state index in [2.05, 4.69) is 10.2 Å². The fourth-order valence-electron chi connectivity index (χ4n) is 2.98. The molecular weight excluding hydrogens is 352 g/mol. The van der Waals surface area contributed by atoms with E-state index in [4.69, 9.17) is 21.1 Å². The molecule has 1 aliphatic heterocycles. The zero-order valence-electron chi connectivity index (χ0n) is 14.8. The highest BCUT2D eigenvalue weighted by molar-refractivity contribution is 6.30. The molecule has 0 aliphatic carbocycles. The number of rotatable bonds is 6. The second-order valence-electron chi connectivity index (χ2n) is 6.26. The Morgan fingerprint density at radius 2 is 1.77 bits per heavy atom. The molecule has 2 aromatic rings. The van der Waals surface area contributed by atoms with Gasteiger partial charge in [0.15, 0.2) is 6.61 Å². The topological polar surface area (TPSA) is 50.8 Å². The van der Waals surface area contributed by atoms with Gasteiger partial charge in [-0.1, -0.05) is 11.6 Å². The molecule has 1 saturated heterocycles. The lowest BCUT2D eigenvalue weighted by Gasteiger charge is -2.33. The molecule has 0 aromatic heterocycles. The number of methoxy groups -OCH3 is 1. The van der Waals surface area contributed by atoms with Crippen LogP contribution in [0.5, 0.6) is 5.75 Å². The van der Waals surface area contributed by atoms with Crippen LogP contribution in [0.15, 0.2) is 48.5 Å². The van der Waals surface area contributed by atoms with E-state index in [9.17, 15) is 4.79 Å². The maximum Gasteiger partial charge on any atom is 0.262 e. The van der Waals surface area contributed by atoms with Gasteiger partial charge in [0.25, 0.3) is 5.91 Å². The predicted octanol–water partition coefficient (Wildman–Crippen LogP) is 3.97. The number of anilines is 2. The van der Waals surface area contributed by atoms with Crippen molar-refractivity contribution in [2.45, 2.75) is 18.9 Å². The fourth-order valence-corrected chi connectivity index (χ4v) is 3.11. The highest BCUT2D eigenvalue weighted by Crippen LogP contribution is 2.23. The normalized spacial score (nSPS) is 14.9. The number of carbonyl (C=O) groups is 1. The Kier molecular flexibility index (Phi) is 6.36. The van der Waals surface area contributed by atoms with Gasteiger partial charge < -0.3 is 19.7 Å². The number of nitrogens with zero attached hydrogens (tertiary/aromatic N) is 1. The van der Waals surface area contributed by atoms with Crippen LogP contribution in [0.4, 0.5) is 11.4 Å². The number of hydrogen-bond acceptors (Lipinski definition) is 4. The number of nitrogens with one attached hydrogen (secondary N) is 1. The Morgan fingerprint density at radius 1 is 1.12 bits per heavy atom. The quantitative estimate of drug-likeness (QED) is 0.831. The Bertz CT molecular complexity index is 711. The molecule has 1 N–H and O–H groups in total. The minimum atomic E-state index is -0.200. The van der Waals surface area contributed by atoms with Crippen LogP contribution in [-0.2, 0) is 9.53 Å². The summed E-state index contributed by atoms with van der Waals surface area (Å²) in [5, 5.41) is 3.47. The molecule has 2 aromatic carbocycles. The van der Waals surface area contributed by atoms with Crippen molar-refractivity contribution in [2.24, 2.45) is 0 Å². The van der Waals surface area contributed by atoms with Gasteiger partial charge in [0.2, 0.25) is 0 Å². The van der Waals surface area contributed by atoms with E-state index in [-0.39, 0.29) is 12.5 Å². The number of hydrogen-bond donors (Lipinski definition) is 1. The standard InChI is InChI=1S/C20H23ClN2O3/c1-25-18-10-12-23(13-11-18)17-6-4-16(5-7-17)22-20(24)14-26-19-8-2-15(21)3-9-19/h2-9,18H,10-14H2,1H3,(H,22,24). The first-order valence-electron chi connectivity index (χ1n) is 8.70. The fraction of sp³-hybridized carbons (Fsp3) is 0.350. The molecule has 0 radical (unpaired) electrons. The smallest absolute Gasteiger partial charge is 0.262 e. The lowest BCUT2D eigenvalue weighted by Crippen LogP contribution is -2.36. The van der Waals surface area contributed by atoms with Crippen LogP contribution < -0.4 is 15.0 Å². The van der Waals surface area contributed by atoms with Crippen molar-refractivity contribution in [3.63, 3.8) is 0 Å². The minimum Gasteiger partial charge on any atom is -0.484 e. The molecule has 0 bridgehead atoms. The van der Waals surface area contributed by atoms with Crippen molar-refractivity contribution >= 4 is 28.9 Å². The average Bonchev–Trinajstić information content (AvgIpc) is 2.68. The summed E-state index contributed by atoms with van der Waals surface area (Å²) in [6, 6.07) is 14.8. The summed E-state index contributed by atoms with van der Waals surface area (Å²) >= 11 is 5.82. The van der Waals surface area contributed by atoms with Crippen LogP contribution in [-0.4, -0.2) is 38.8 Å². The van der Waals surface area contributed by atoms with Crippen molar-refractivity contribution in [3.8, 4) is 5.75 Å². The molecule has 1 aliphatic rings. The molecule has 1 heterocycles. The van der Waals surface area contributed by atoms with Crippen molar-refractivity contribution < 1.29 is 14.3 Å². The number of piperidine rings is 1. The van der Waals surface area contributed by atoms with E-state index in [1.807, 2.05) is 24.3 Å². The Hall–Kier alpha value is -2.24. The van der Waals surface area contributed by atoms with Gasteiger partial charge >= 0.3 is 0 Å². The van der Waals surface area contributed by atoms with E-state index in [1.54, 1.807) is 31.4 Å². The van der Waals surface area contributed by atoms with Crippen LogP contribution >= 0.6 is 11.6 Å². The molecule has 6 heteroatoms. The highest BCUT2D eigenvalue weighted by Gasteiger charge is 2.18. The number of halogens is 1. The largest absolute Gasteiger partial charge is 0.484 e. The molecule has 0 spiro atoms. The molecule has 3 rings (SSSR count). The molecule has 138 valence electrons. The molecular formula is C20H23ClN2O3. The van der Waals surface area contributed by atoms with Crippen molar-refractivity contribution in [1.82, 2.24) is 0 Å². The molecule has 0 unspecified atom stereocenters. The number of benzene rings is 2. The summed E-state index contributed by atoms with van der Waals surface area (Å²) in [6.45, 7) is 1.92.